The van der Waals surface area contributed by atoms with Crippen LogP contribution in [0.25, 0.3) is 0 Å². The molecule has 4 rings (SSSR count). The number of hydrogen-bond donors (Lipinski definition) is 1. The molecule has 1 N–H and O–H groups in total. The minimum absolute atomic E-state index is 0.0489. The molecule has 0 atom stereocenters. The van der Waals surface area contributed by atoms with Gasteiger partial charge in [-0.3, -0.25) is 14.4 Å². The van der Waals surface area contributed by atoms with E-state index in [1.165, 1.54) is 12.1 Å². The van der Waals surface area contributed by atoms with Crippen molar-refractivity contribution in [2.75, 3.05) is 13.2 Å². The normalized spacial score (nSPS) is 14.1. The fraction of sp³-hybridized carbons (Fsp3) is 0.318. The Morgan fingerprint density at radius 2 is 1.73 bits per heavy atom. The summed E-state index contributed by atoms with van der Waals surface area (Å²) >= 11 is 11.9. The van der Waals surface area contributed by atoms with Crippen LogP contribution in [-0.4, -0.2) is 32.5 Å². The third-order valence-electron chi connectivity index (χ3n) is 5.38. The Labute approximate surface area is 183 Å². The number of halogens is 3. The van der Waals surface area contributed by atoms with E-state index in [0.29, 0.717) is 42.6 Å². The van der Waals surface area contributed by atoms with Crippen molar-refractivity contribution in [1.82, 2.24) is 14.3 Å². The van der Waals surface area contributed by atoms with Gasteiger partial charge in [-0.05, 0) is 41.5 Å². The highest BCUT2D eigenvalue weighted by Gasteiger charge is 2.26. The second kappa shape index (κ2) is 8.94. The lowest BCUT2D eigenvalue weighted by molar-refractivity contribution is 0.232. The van der Waals surface area contributed by atoms with Gasteiger partial charge in [0.05, 0.1) is 25.3 Å². The molecule has 0 amide bonds. The van der Waals surface area contributed by atoms with Crippen molar-refractivity contribution < 1.29 is 9.50 Å². The molecular weight excluding hydrogens is 428 g/mol. The largest absolute Gasteiger partial charge is 0.394 e. The van der Waals surface area contributed by atoms with Gasteiger partial charge in [-0.15, -0.1) is 0 Å². The molecular formula is C22H22Cl2FN3O2. The van der Waals surface area contributed by atoms with Crippen LogP contribution >= 0.6 is 23.2 Å². The monoisotopic (exact) mass is 449 g/mol. The summed E-state index contributed by atoms with van der Waals surface area (Å²) in [5.41, 5.74) is 3.36. The third-order valence-corrected chi connectivity index (χ3v) is 5.85. The van der Waals surface area contributed by atoms with Crippen molar-refractivity contribution in [2.45, 2.75) is 32.6 Å². The van der Waals surface area contributed by atoms with Gasteiger partial charge in [0.25, 0.3) is 5.56 Å². The Hall–Kier alpha value is -2.12. The third kappa shape index (κ3) is 4.47. The van der Waals surface area contributed by atoms with Crippen LogP contribution in [0.2, 0.25) is 10.0 Å². The smallest absolute Gasteiger partial charge is 0.271 e. The number of aromatic nitrogens is 2. The van der Waals surface area contributed by atoms with Crippen molar-refractivity contribution in [3.8, 4) is 0 Å². The molecule has 3 aromatic rings. The summed E-state index contributed by atoms with van der Waals surface area (Å²) in [7, 11) is 0. The van der Waals surface area contributed by atoms with Crippen molar-refractivity contribution in [1.29, 1.82) is 0 Å². The number of aliphatic hydroxyl groups excluding tert-OH is 1. The van der Waals surface area contributed by atoms with E-state index in [9.17, 15) is 14.3 Å². The van der Waals surface area contributed by atoms with Gasteiger partial charge in [0.1, 0.15) is 5.82 Å². The summed E-state index contributed by atoms with van der Waals surface area (Å²) in [4.78, 5) is 15.3. The van der Waals surface area contributed by atoms with Crippen LogP contribution in [0.5, 0.6) is 0 Å². The predicted molar refractivity (Wildman–Crippen MR) is 116 cm³/mol. The van der Waals surface area contributed by atoms with Crippen molar-refractivity contribution in [3.63, 3.8) is 0 Å². The summed E-state index contributed by atoms with van der Waals surface area (Å²) < 4.78 is 17.2. The van der Waals surface area contributed by atoms with Gasteiger partial charge in [0, 0.05) is 41.8 Å². The van der Waals surface area contributed by atoms with Crippen LogP contribution in [0.15, 0.2) is 47.3 Å². The molecule has 0 saturated carbocycles. The molecule has 158 valence electrons. The van der Waals surface area contributed by atoms with Gasteiger partial charge in [-0.2, -0.15) is 0 Å². The molecule has 1 aromatic heterocycles. The minimum atomic E-state index is -0.366. The van der Waals surface area contributed by atoms with Crippen LogP contribution in [0.1, 0.15) is 22.4 Å². The number of aliphatic hydroxyl groups is 1. The molecule has 0 fully saturated rings. The van der Waals surface area contributed by atoms with Crippen LogP contribution in [0, 0.1) is 5.82 Å². The zero-order valence-corrected chi connectivity index (χ0v) is 17.8. The number of benzene rings is 2. The Morgan fingerprint density at radius 3 is 2.43 bits per heavy atom. The maximum Gasteiger partial charge on any atom is 0.271 e. The molecule has 30 heavy (non-hydrogen) atoms. The van der Waals surface area contributed by atoms with Gasteiger partial charge in [-0.25, -0.2) is 9.07 Å². The summed E-state index contributed by atoms with van der Waals surface area (Å²) in [6, 6.07) is 11.9. The van der Waals surface area contributed by atoms with Crippen molar-refractivity contribution in [3.05, 3.63) is 91.1 Å². The first-order chi connectivity index (χ1) is 14.4. The Balaban J connectivity index is 1.62. The van der Waals surface area contributed by atoms with Crippen LogP contribution in [0.4, 0.5) is 4.39 Å². The summed E-state index contributed by atoms with van der Waals surface area (Å²) in [6.45, 7) is 2.43. The summed E-state index contributed by atoms with van der Waals surface area (Å²) in [6.07, 6.45) is 0.682. The van der Waals surface area contributed by atoms with Gasteiger partial charge >= 0.3 is 0 Å². The Morgan fingerprint density at radius 1 is 0.967 bits per heavy atom. The molecule has 0 aliphatic carbocycles. The predicted octanol–water partition coefficient (Wildman–Crippen LogP) is 3.69. The van der Waals surface area contributed by atoms with Crippen LogP contribution in [0.3, 0.4) is 0 Å². The lowest BCUT2D eigenvalue weighted by atomic mass is 10.1. The molecule has 2 aromatic carbocycles. The van der Waals surface area contributed by atoms with Crippen molar-refractivity contribution >= 4 is 23.2 Å². The van der Waals surface area contributed by atoms with E-state index >= 15 is 0 Å². The van der Waals surface area contributed by atoms with Gasteiger partial charge < -0.3 is 5.11 Å². The van der Waals surface area contributed by atoms with E-state index in [-0.39, 0.29) is 18.0 Å². The van der Waals surface area contributed by atoms with Crippen LogP contribution in [-0.2, 0) is 32.6 Å². The van der Waals surface area contributed by atoms with Crippen molar-refractivity contribution in [2.24, 2.45) is 0 Å². The highest BCUT2D eigenvalue weighted by Crippen LogP contribution is 2.22. The second-order valence-electron chi connectivity index (χ2n) is 7.50. The topological polar surface area (TPSA) is 50.4 Å². The molecule has 0 radical (unpaired) electrons. The van der Waals surface area contributed by atoms with E-state index in [0.717, 1.165) is 28.9 Å². The highest BCUT2D eigenvalue weighted by molar-refractivity contribution is 6.30. The zero-order valence-electron chi connectivity index (χ0n) is 16.3. The molecule has 0 unspecified atom stereocenters. The Bertz CT molecular complexity index is 1090. The first-order valence-electron chi connectivity index (χ1n) is 9.78. The molecule has 8 heteroatoms. The first-order valence-corrected chi connectivity index (χ1v) is 10.5. The molecule has 5 nitrogen and oxygen atoms in total. The van der Waals surface area contributed by atoms with E-state index in [4.69, 9.17) is 23.2 Å². The van der Waals surface area contributed by atoms with E-state index in [1.807, 2.05) is 16.8 Å². The molecule has 0 spiro atoms. The molecule has 1 aliphatic heterocycles. The maximum absolute atomic E-state index is 13.7. The molecule has 0 saturated heterocycles. The standard InChI is InChI=1S/C22H22Cl2FN3O2/c23-17-3-1-15(2-4-17)13-28-22(30)20-14-26(6-5-21(20)27(28)7-8-29)12-16-9-18(24)11-19(25)10-16/h1-4,9-11,29H,5-8,12-14H2. The average molecular weight is 450 g/mol. The molecule has 1 aliphatic rings. The van der Waals surface area contributed by atoms with E-state index in [2.05, 4.69) is 4.90 Å². The fourth-order valence-corrected chi connectivity index (χ4v) is 4.43. The number of fused-ring (bicyclic) bond motifs is 1. The zero-order chi connectivity index (χ0) is 21.3. The molecule has 2 heterocycles. The van der Waals surface area contributed by atoms with Gasteiger partial charge in [-0.1, -0.05) is 35.3 Å². The average Bonchev–Trinajstić information content (AvgIpc) is 2.95. The lowest BCUT2D eigenvalue weighted by Crippen LogP contribution is -2.32. The quantitative estimate of drug-likeness (QED) is 0.624. The number of hydrogen-bond acceptors (Lipinski definition) is 3. The first kappa shape index (κ1) is 21.1. The van der Waals surface area contributed by atoms with E-state index < -0.39 is 0 Å². The Kier molecular flexibility index (Phi) is 6.29. The van der Waals surface area contributed by atoms with Crippen LogP contribution < -0.4 is 5.56 Å². The van der Waals surface area contributed by atoms with Gasteiger partial charge in [0.2, 0.25) is 0 Å². The lowest BCUT2D eigenvalue weighted by Gasteiger charge is -2.27. The van der Waals surface area contributed by atoms with Gasteiger partial charge in [0.15, 0.2) is 0 Å². The minimum Gasteiger partial charge on any atom is -0.394 e. The number of nitrogens with zero attached hydrogens (tertiary/aromatic N) is 3. The van der Waals surface area contributed by atoms with E-state index in [1.54, 1.807) is 22.9 Å². The molecule has 0 bridgehead atoms. The maximum atomic E-state index is 13.7. The SMILES string of the molecule is O=c1c2c(n(CCO)n1Cc1ccc(Cl)cc1)CCN(Cc1cc(F)cc(Cl)c1)C2. The fourth-order valence-electron chi connectivity index (χ4n) is 4.06. The summed E-state index contributed by atoms with van der Waals surface area (Å²) in [5, 5.41) is 10.6. The highest BCUT2D eigenvalue weighted by atomic mass is 35.5. The number of rotatable bonds is 6. The summed E-state index contributed by atoms with van der Waals surface area (Å²) in [5.74, 6) is -0.366. The second-order valence-corrected chi connectivity index (χ2v) is 8.37.